The van der Waals surface area contributed by atoms with E-state index < -0.39 is 0 Å². The highest BCUT2D eigenvalue weighted by atomic mass is 35.5. The van der Waals surface area contributed by atoms with Gasteiger partial charge in [0.2, 0.25) is 0 Å². The van der Waals surface area contributed by atoms with Gasteiger partial charge in [-0.2, -0.15) is 0 Å². The summed E-state index contributed by atoms with van der Waals surface area (Å²) >= 11 is 6.09. The van der Waals surface area contributed by atoms with Crippen LogP contribution >= 0.6 is 11.6 Å². The molecule has 0 saturated heterocycles. The molecule has 0 N–H and O–H groups in total. The molecule has 0 aliphatic heterocycles. The van der Waals surface area contributed by atoms with E-state index in [2.05, 4.69) is 19.7 Å². The third kappa shape index (κ3) is 2.95. The van der Waals surface area contributed by atoms with E-state index in [-0.39, 0.29) is 6.10 Å². The molecule has 14 heavy (non-hydrogen) atoms. The molecule has 3 heteroatoms. The molecule has 0 aliphatic carbocycles. The van der Waals surface area contributed by atoms with Crippen molar-refractivity contribution in [3.05, 3.63) is 23.2 Å². The van der Waals surface area contributed by atoms with Crippen molar-refractivity contribution in [2.24, 2.45) is 0 Å². The van der Waals surface area contributed by atoms with Gasteiger partial charge in [0.15, 0.2) is 6.71 Å². The molecular formula is C11H16BClO. The standard InChI is InChI=1S/C11H16BClO/c1-8(2)14-11-6-5-9(12(3)4)7-10(11)13/h5-8H,1-4H3. The van der Waals surface area contributed by atoms with Crippen molar-refractivity contribution in [2.45, 2.75) is 33.6 Å². The zero-order chi connectivity index (χ0) is 10.7. The summed E-state index contributed by atoms with van der Waals surface area (Å²) in [5.74, 6) is 0.770. The van der Waals surface area contributed by atoms with Crippen LogP contribution in [0.1, 0.15) is 13.8 Å². The molecule has 0 fully saturated rings. The lowest BCUT2D eigenvalue weighted by Crippen LogP contribution is -2.22. The summed E-state index contributed by atoms with van der Waals surface area (Å²) in [5, 5.41) is 0.699. The Labute approximate surface area is 91.5 Å². The molecule has 0 aromatic heterocycles. The zero-order valence-electron chi connectivity index (χ0n) is 9.17. The average Bonchev–Trinajstić information content (AvgIpc) is 2.07. The van der Waals surface area contributed by atoms with Crippen LogP contribution in [0, 0.1) is 0 Å². The minimum atomic E-state index is 0.164. The van der Waals surface area contributed by atoms with E-state index in [1.165, 1.54) is 5.46 Å². The van der Waals surface area contributed by atoms with Crippen molar-refractivity contribution in [1.82, 2.24) is 0 Å². The summed E-state index contributed by atoms with van der Waals surface area (Å²) in [6.07, 6.45) is 0.164. The van der Waals surface area contributed by atoms with Gasteiger partial charge in [0.05, 0.1) is 11.1 Å². The first-order valence-corrected chi connectivity index (χ1v) is 5.34. The molecule has 0 radical (unpaired) electrons. The van der Waals surface area contributed by atoms with Gasteiger partial charge in [-0.1, -0.05) is 36.8 Å². The Morgan fingerprint density at radius 2 is 1.93 bits per heavy atom. The van der Waals surface area contributed by atoms with Gasteiger partial charge in [0.25, 0.3) is 0 Å². The fraction of sp³-hybridized carbons (Fsp3) is 0.455. The number of halogens is 1. The molecule has 0 saturated carbocycles. The molecule has 0 amide bonds. The summed E-state index contributed by atoms with van der Waals surface area (Å²) < 4.78 is 5.55. The van der Waals surface area contributed by atoms with E-state index in [1.807, 2.05) is 26.0 Å². The second-order valence-electron chi connectivity index (χ2n) is 4.01. The molecule has 0 aliphatic rings. The quantitative estimate of drug-likeness (QED) is 0.697. The lowest BCUT2D eigenvalue weighted by Gasteiger charge is -2.12. The Morgan fingerprint density at radius 1 is 1.29 bits per heavy atom. The largest absolute Gasteiger partial charge is 0.489 e. The second kappa shape index (κ2) is 4.74. The lowest BCUT2D eigenvalue weighted by molar-refractivity contribution is 0.242. The van der Waals surface area contributed by atoms with Gasteiger partial charge >= 0.3 is 0 Å². The first kappa shape index (κ1) is 11.4. The first-order valence-electron chi connectivity index (χ1n) is 4.96. The molecular weight excluding hydrogens is 194 g/mol. The maximum Gasteiger partial charge on any atom is 0.169 e. The highest BCUT2D eigenvalue weighted by Crippen LogP contribution is 2.23. The molecule has 1 aromatic rings. The van der Waals surface area contributed by atoms with Crippen molar-refractivity contribution < 1.29 is 4.74 Å². The topological polar surface area (TPSA) is 9.23 Å². The lowest BCUT2D eigenvalue weighted by atomic mass is 9.49. The fourth-order valence-corrected chi connectivity index (χ4v) is 1.46. The predicted octanol–water partition coefficient (Wildman–Crippen LogP) is 3.09. The van der Waals surface area contributed by atoms with Gasteiger partial charge in [0.1, 0.15) is 5.75 Å². The molecule has 0 bridgehead atoms. The van der Waals surface area contributed by atoms with Crippen LogP contribution in [0.25, 0.3) is 0 Å². The van der Waals surface area contributed by atoms with Crippen LogP contribution in [0.15, 0.2) is 18.2 Å². The van der Waals surface area contributed by atoms with Crippen molar-refractivity contribution in [3.8, 4) is 5.75 Å². The Balaban J connectivity index is 2.90. The van der Waals surface area contributed by atoms with Crippen LogP contribution in [0.3, 0.4) is 0 Å². The van der Waals surface area contributed by atoms with E-state index in [4.69, 9.17) is 16.3 Å². The average molecular weight is 211 g/mol. The van der Waals surface area contributed by atoms with Crippen molar-refractivity contribution in [2.75, 3.05) is 0 Å². The summed E-state index contributed by atoms with van der Waals surface area (Å²) in [6, 6.07) is 5.98. The smallest absolute Gasteiger partial charge is 0.169 e. The van der Waals surface area contributed by atoms with E-state index in [9.17, 15) is 0 Å². The molecule has 1 nitrogen and oxygen atoms in total. The van der Waals surface area contributed by atoms with E-state index in [0.29, 0.717) is 11.7 Å². The molecule has 1 rings (SSSR count). The molecule has 0 atom stereocenters. The second-order valence-corrected chi connectivity index (χ2v) is 4.42. The fourth-order valence-electron chi connectivity index (χ4n) is 1.23. The molecule has 76 valence electrons. The first-order chi connectivity index (χ1) is 6.50. The summed E-state index contributed by atoms with van der Waals surface area (Å²) in [6.45, 7) is 8.78. The predicted molar refractivity (Wildman–Crippen MR) is 64.3 cm³/mol. The highest BCUT2D eigenvalue weighted by Gasteiger charge is 2.08. The summed E-state index contributed by atoms with van der Waals surface area (Å²) in [5.41, 5.74) is 1.24. The van der Waals surface area contributed by atoms with Gasteiger partial charge in [-0.15, -0.1) is 0 Å². The van der Waals surface area contributed by atoms with Gasteiger partial charge in [0, 0.05) is 0 Å². The van der Waals surface area contributed by atoms with E-state index in [0.717, 1.165) is 5.75 Å². The number of rotatable bonds is 3. The molecule has 0 spiro atoms. The van der Waals surface area contributed by atoms with Crippen molar-refractivity contribution in [3.63, 3.8) is 0 Å². The number of ether oxygens (including phenoxy) is 1. The Kier molecular flexibility index (Phi) is 3.88. The van der Waals surface area contributed by atoms with Crippen LogP contribution in [0.5, 0.6) is 5.75 Å². The maximum absolute atomic E-state index is 6.09. The minimum absolute atomic E-state index is 0.164. The van der Waals surface area contributed by atoms with Crippen molar-refractivity contribution in [1.29, 1.82) is 0 Å². The Hall–Kier alpha value is -0.625. The number of hydrogen-bond acceptors (Lipinski definition) is 1. The zero-order valence-corrected chi connectivity index (χ0v) is 9.93. The maximum atomic E-state index is 6.09. The molecule has 0 unspecified atom stereocenters. The van der Waals surface area contributed by atoms with Gasteiger partial charge in [-0.05, 0) is 26.0 Å². The minimum Gasteiger partial charge on any atom is -0.489 e. The summed E-state index contributed by atoms with van der Waals surface area (Å²) in [7, 11) is 0. The van der Waals surface area contributed by atoms with Crippen LogP contribution in [0.4, 0.5) is 0 Å². The Bertz CT molecular complexity index is 310. The monoisotopic (exact) mass is 210 g/mol. The van der Waals surface area contributed by atoms with E-state index in [1.54, 1.807) is 0 Å². The molecule has 1 aromatic carbocycles. The van der Waals surface area contributed by atoms with E-state index >= 15 is 0 Å². The van der Waals surface area contributed by atoms with Gasteiger partial charge in [-0.3, -0.25) is 0 Å². The third-order valence-electron chi connectivity index (χ3n) is 1.99. The normalized spacial score (nSPS) is 10.4. The SMILES string of the molecule is CB(C)c1ccc(OC(C)C)c(Cl)c1. The van der Waals surface area contributed by atoms with Crippen LogP contribution in [-0.2, 0) is 0 Å². The van der Waals surface area contributed by atoms with Gasteiger partial charge < -0.3 is 4.74 Å². The number of benzene rings is 1. The molecule has 0 heterocycles. The Morgan fingerprint density at radius 3 is 2.36 bits per heavy atom. The van der Waals surface area contributed by atoms with Crippen LogP contribution < -0.4 is 10.2 Å². The third-order valence-corrected chi connectivity index (χ3v) is 2.28. The van der Waals surface area contributed by atoms with Crippen LogP contribution in [-0.4, -0.2) is 12.8 Å². The highest BCUT2D eigenvalue weighted by molar-refractivity contribution is 6.70. The van der Waals surface area contributed by atoms with Gasteiger partial charge in [-0.25, -0.2) is 0 Å². The van der Waals surface area contributed by atoms with Crippen LogP contribution in [0.2, 0.25) is 18.7 Å². The number of hydrogen-bond donors (Lipinski definition) is 0. The summed E-state index contributed by atoms with van der Waals surface area (Å²) in [4.78, 5) is 0. The van der Waals surface area contributed by atoms with Crippen molar-refractivity contribution >= 4 is 23.8 Å².